The summed E-state index contributed by atoms with van der Waals surface area (Å²) in [5, 5.41) is 0.873. The molecule has 86 valence electrons. The zero-order chi connectivity index (χ0) is 12.0. The van der Waals surface area contributed by atoms with Crippen LogP contribution in [0.4, 0.5) is 0 Å². The van der Waals surface area contributed by atoms with Crippen LogP contribution in [0, 0.1) is 6.92 Å². The predicted octanol–water partition coefficient (Wildman–Crippen LogP) is 2.84. The number of hydrogen-bond acceptors (Lipinski definition) is 5. The van der Waals surface area contributed by atoms with Gasteiger partial charge in [-0.15, -0.1) is 24.0 Å². The summed E-state index contributed by atoms with van der Waals surface area (Å²) in [5.41, 5.74) is 3.07. The average Bonchev–Trinajstić information content (AvgIpc) is 2.80. The van der Waals surface area contributed by atoms with Crippen molar-refractivity contribution in [1.29, 1.82) is 0 Å². The molecule has 3 aromatic rings. The molecule has 2 heterocycles. The average molecular weight is 264 g/mol. The van der Waals surface area contributed by atoms with E-state index in [9.17, 15) is 4.79 Å². The molecule has 0 amide bonds. The maximum absolute atomic E-state index is 11.0. The van der Waals surface area contributed by atoms with E-state index >= 15 is 0 Å². The number of oxazole rings is 1. The molecule has 2 aromatic heterocycles. The lowest BCUT2D eigenvalue weighted by molar-refractivity contribution is 0.555. The largest absolute Gasteiger partial charge is 0.417 e. The van der Waals surface area contributed by atoms with Gasteiger partial charge >= 0.3 is 5.76 Å². The highest BCUT2D eigenvalue weighted by molar-refractivity contribution is 7.83. The smallest absolute Gasteiger partial charge is 0.408 e. The molecule has 0 radical (unpaired) electrons. The van der Waals surface area contributed by atoms with Crippen molar-refractivity contribution in [3.05, 3.63) is 34.4 Å². The molecule has 0 aliphatic rings. The number of nitrogens with zero attached hydrogens (tertiary/aromatic N) is 1. The molecule has 0 unspecified atom stereocenters. The highest BCUT2D eigenvalue weighted by Gasteiger charge is 2.09. The Morgan fingerprint density at radius 1 is 1.47 bits per heavy atom. The summed E-state index contributed by atoms with van der Waals surface area (Å²) in [4.78, 5) is 18.1. The number of aryl methyl sites for hydroxylation is 1. The topological polar surface area (TPSA) is 58.9 Å². The number of fused-ring (bicyclic) bond motifs is 1. The molecule has 1 N–H and O–H groups in total. The molecule has 0 aliphatic heterocycles. The van der Waals surface area contributed by atoms with Crippen LogP contribution in [0.3, 0.4) is 0 Å². The summed E-state index contributed by atoms with van der Waals surface area (Å²) >= 11 is 5.83. The third-order valence-corrected chi connectivity index (χ3v) is 4.05. The number of hydrogen-bond donors (Lipinski definition) is 2. The molecule has 6 heteroatoms. The Balaban J connectivity index is 2.20. The zero-order valence-corrected chi connectivity index (χ0v) is 10.6. The lowest BCUT2D eigenvalue weighted by Crippen LogP contribution is -1.92. The molecular weight excluding hydrogens is 256 g/mol. The van der Waals surface area contributed by atoms with Gasteiger partial charge in [0.05, 0.1) is 15.4 Å². The van der Waals surface area contributed by atoms with Crippen molar-refractivity contribution in [2.45, 2.75) is 11.1 Å². The van der Waals surface area contributed by atoms with Gasteiger partial charge in [-0.05, 0) is 25.1 Å². The standard InChI is InChI=1S/C11H8N2O2S2/c1-5-10(16)17-9(12-5)6-2-3-7-8(4-6)15-11(14)13-7/h2-4,16H,1H3,(H,13,14). The maximum Gasteiger partial charge on any atom is 0.417 e. The fourth-order valence-electron chi connectivity index (χ4n) is 1.59. The van der Waals surface area contributed by atoms with Gasteiger partial charge in [0.1, 0.15) is 5.01 Å². The van der Waals surface area contributed by atoms with Crippen molar-refractivity contribution in [3.8, 4) is 10.6 Å². The minimum absolute atomic E-state index is 0.442. The monoisotopic (exact) mass is 264 g/mol. The van der Waals surface area contributed by atoms with Gasteiger partial charge in [-0.1, -0.05) is 0 Å². The first kappa shape index (κ1) is 10.6. The first-order valence-electron chi connectivity index (χ1n) is 4.93. The van der Waals surface area contributed by atoms with Gasteiger partial charge in [-0.2, -0.15) is 0 Å². The lowest BCUT2D eigenvalue weighted by atomic mass is 10.2. The van der Waals surface area contributed by atoms with E-state index in [0.717, 1.165) is 20.5 Å². The molecule has 1 aromatic carbocycles. The van der Waals surface area contributed by atoms with Crippen molar-refractivity contribution in [2.75, 3.05) is 0 Å². The Hall–Kier alpha value is -1.53. The van der Waals surface area contributed by atoms with Crippen LogP contribution in [0.2, 0.25) is 0 Å². The van der Waals surface area contributed by atoms with Crippen LogP contribution in [0.1, 0.15) is 5.69 Å². The van der Waals surface area contributed by atoms with Gasteiger partial charge in [0.2, 0.25) is 0 Å². The molecule has 17 heavy (non-hydrogen) atoms. The Kier molecular flexibility index (Phi) is 2.34. The molecule has 3 rings (SSSR count). The second-order valence-electron chi connectivity index (χ2n) is 3.64. The van der Waals surface area contributed by atoms with E-state index in [1.807, 2.05) is 19.1 Å². The van der Waals surface area contributed by atoms with Crippen molar-refractivity contribution in [3.63, 3.8) is 0 Å². The minimum atomic E-state index is -0.442. The molecule has 0 fully saturated rings. The van der Waals surface area contributed by atoms with Crippen LogP contribution < -0.4 is 5.76 Å². The summed E-state index contributed by atoms with van der Waals surface area (Å²) in [6, 6.07) is 5.52. The maximum atomic E-state index is 11.0. The van der Waals surface area contributed by atoms with Crippen molar-refractivity contribution >= 4 is 35.1 Å². The van der Waals surface area contributed by atoms with E-state index in [2.05, 4.69) is 22.6 Å². The van der Waals surface area contributed by atoms with Crippen LogP contribution in [0.25, 0.3) is 21.7 Å². The van der Waals surface area contributed by atoms with E-state index in [1.165, 1.54) is 11.3 Å². The van der Waals surface area contributed by atoms with Crippen LogP contribution in [0.15, 0.2) is 31.6 Å². The Morgan fingerprint density at radius 3 is 3.00 bits per heavy atom. The Morgan fingerprint density at radius 2 is 2.29 bits per heavy atom. The van der Waals surface area contributed by atoms with Gasteiger partial charge < -0.3 is 4.42 Å². The molecule has 0 saturated carbocycles. The van der Waals surface area contributed by atoms with Gasteiger partial charge in [-0.25, -0.2) is 9.78 Å². The highest BCUT2D eigenvalue weighted by atomic mass is 32.2. The van der Waals surface area contributed by atoms with E-state index in [1.54, 1.807) is 6.07 Å². The quantitative estimate of drug-likeness (QED) is 0.664. The van der Waals surface area contributed by atoms with E-state index in [-0.39, 0.29) is 0 Å². The third kappa shape index (κ3) is 1.79. The lowest BCUT2D eigenvalue weighted by Gasteiger charge is -1.94. The number of benzene rings is 1. The first-order chi connectivity index (χ1) is 8.13. The predicted molar refractivity (Wildman–Crippen MR) is 69.9 cm³/mol. The molecule has 0 bridgehead atoms. The Labute approximate surface area is 106 Å². The van der Waals surface area contributed by atoms with E-state index < -0.39 is 5.76 Å². The van der Waals surface area contributed by atoms with Crippen molar-refractivity contribution in [2.24, 2.45) is 0 Å². The number of thiazole rings is 1. The molecule has 0 aliphatic carbocycles. The third-order valence-electron chi connectivity index (χ3n) is 2.44. The number of aromatic amines is 1. The summed E-state index contributed by atoms with van der Waals surface area (Å²) < 4.78 is 5.91. The fraction of sp³-hybridized carbons (Fsp3) is 0.0909. The SMILES string of the molecule is Cc1nc(-c2ccc3[nH]c(=O)oc3c2)sc1S. The molecule has 0 spiro atoms. The van der Waals surface area contributed by atoms with Gasteiger partial charge in [0.15, 0.2) is 5.58 Å². The summed E-state index contributed by atoms with van der Waals surface area (Å²) in [7, 11) is 0. The summed E-state index contributed by atoms with van der Waals surface area (Å²) in [6.07, 6.45) is 0. The van der Waals surface area contributed by atoms with E-state index in [4.69, 9.17) is 4.42 Å². The first-order valence-corrected chi connectivity index (χ1v) is 6.19. The minimum Gasteiger partial charge on any atom is -0.408 e. The fourth-order valence-corrected chi connectivity index (χ4v) is 2.70. The molecule has 0 saturated heterocycles. The zero-order valence-electron chi connectivity index (χ0n) is 8.85. The second-order valence-corrected chi connectivity index (χ2v) is 5.38. The van der Waals surface area contributed by atoms with Crippen molar-refractivity contribution in [1.82, 2.24) is 9.97 Å². The van der Waals surface area contributed by atoms with Gasteiger partial charge in [-0.3, -0.25) is 4.98 Å². The second kappa shape index (κ2) is 3.75. The highest BCUT2D eigenvalue weighted by Crippen LogP contribution is 2.31. The van der Waals surface area contributed by atoms with Crippen LogP contribution in [-0.4, -0.2) is 9.97 Å². The van der Waals surface area contributed by atoms with Crippen LogP contribution >= 0.6 is 24.0 Å². The van der Waals surface area contributed by atoms with Gasteiger partial charge in [0, 0.05) is 5.56 Å². The normalized spacial score (nSPS) is 11.2. The summed E-state index contributed by atoms with van der Waals surface area (Å²) in [6.45, 7) is 1.91. The molecular formula is C11H8N2O2S2. The number of rotatable bonds is 1. The van der Waals surface area contributed by atoms with Crippen LogP contribution in [0.5, 0.6) is 0 Å². The molecule has 4 nitrogen and oxygen atoms in total. The number of thiol groups is 1. The molecule has 0 atom stereocenters. The van der Waals surface area contributed by atoms with Crippen LogP contribution in [-0.2, 0) is 0 Å². The van der Waals surface area contributed by atoms with Crippen molar-refractivity contribution < 1.29 is 4.42 Å². The number of H-pyrrole nitrogens is 1. The Bertz CT molecular complexity index is 735. The summed E-state index contributed by atoms with van der Waals surface area (Å²) in [5.74, 6) is -0.442. The van der Waals surface area contributed by atoms with E-state index in [0.29, 0.717) is 11.1 Å². The van der Waals surface area contributed by atoms with Gasteiger partial charge in [0.25, 0.3) is 0 Å². The number of aromatic nitrogens is 2. The number of nitrogens with one attached hydrogen (secondary N) is 1.